The third-order valence-corrected chi connectivity index (χ3v) is 9.15. The molecule has 0 radical (unpaired) electrons. The van der Waals surface area contributed by atoms with Gasteiger partial charge in [0.25, 0.3) is 0 Å². The normalized spacial score (nSPS) is 15.4. The summed E-state index contributed by atoms with van der Waals surface area (Å²) in [6, 6.07) is 25.7. The maximum Gasteiger partial charge on any atom is 0.243 e. The minimum absolute atomic E-state index is 0.0657. The molecule has 8 heteroatoms. The number of amides is 1. The van der Waals surface area contributed by atoms with Gasteiger partial charge in [0.2, 0.25) is 15.9 Å². The number of rotatable bonds is 8. The molecule has 1 aliphatic heterocycles. The number of anilines is 1. The minimum Gasteiger partial charge on any atom is -0.325 e. The van der Waals surface area contributed by atoms with E-state index in [1.165, 1.54) is 22.9 Å². The van der Waals surface area contributed by atoms with Crippen molar-refractivity contribution in [3.8, 4) is 0 Å². The van der Waals surface area contributed by atoms with Gasteiger partial charge in [-0.2, -0.15) is 4.31 Å². The summed E-state index contributed by atoms with van der Waals surface area (Å²) < 4.78 is 28.7. The number of hydrogen-bond donors (Lipinski definition) is 1. The van der Waals surface area contributed by atoms with Gasteiger partial charge >= 0.3 is 0 Å². The molecule has 1 amide bonds. The molecule has 1 saturated heterocycles. The lowest BCUT2D eigenvalue weighted by molar-refractivity contribution is -0.118. The second kappa shape index (κ2) is 11.6. The molecule has 0 aromatic heterocycles. The van der Waals surface area contributed by atoms with Crippen LogP contribution in [0.4, 0.5) is 5.69 Å². The summed E-state index contributed by atoms with van der Waals surface area (Å²) in [4.78, 5) is 15.7. The third kappa shape index (κ3) is 5.83. The molecule has 36 heavy (non-hydrogen) atoms. The zero-order chi connectivity index (χ0) is 25.7. The van der Waals surface area contributed by atoms with E-state index in [9.17, 15) is 13.2 Å². The van der Waals surface area contributed by atoms with Gasteiger partial charge in [0.15, 0.2) is 0 Å². The number of carbonyl (C=O) groups is 1. The van der Waals surface area contributed by atoms with Gasteiger partial charge in [0.05, 0.1) is 16.6 Å². The number of nitrogens with one attached hydrogen (secondary N) is 1. The van der Waals surface area contributed by atoms with Crippen LogP contribution in [0.25, 0.3) is 0 Å². The SMILES string of the molecule is CSc1ccc(S(=O)(=O)N2CCN(C(c3ccccc3)c3ccccc3)CC2)cc1NC(=O)C(C)C. The summed E-state index contributed by atoms with van der Waals surface area (Å²) >= 11 is 1.47. The van der Waals surface area contributed by atoms with Crippen molar-refractivity contribution in [2.45, 2.75) is 29.7 Å². The molecular weight excluding hydrogens is 490 g/mol. The van der Waals surface area contributed by atoms with Crippen molar-refractivity contribution in [3.63, 3.8) is 0 Å². The van der Waals surface area contributed by atoms with Crippen molar-refractivity contribution < 1.29 is 13.2 Å². The van der Waals surface area contributed by atoms with E-state index in [4.69, 9.17) is 0 Å². The van der Waals surface area contributed by atoms with Gasteiger partial charge in [0, 0.05) is 37.0 Å². The fourth-order valence-corrected chi connectivity index (χ4v) is 6.44. The lowest BCUT2D eigenvalue weighted by atomic mass is 9.96. The fraction of sp³-hybridized carbons (Fsp3) is 0.321. The molecule has 0 aliphatic carbocycles. The second-order valence-corrected chi connectivity index (χ2v) is 12.0. The maximum atomic E-state index is 13.6. The van der Waals surface area contributed by atoms with Gasteiger partial charge in [-0.05, 0) is 35.6 Å². The Bertz CT molecular complexity index is 1230. The molecule has 0 saturated carbocycles. The average Bonchev–Trinajstić information content (AvgIpc) is 2.90. The maximum absolute atomic E-state index is 13.6. The van der Waals surface area contributed by atoms with Crippen molar-refractivity contribution in [3.05, 3.63) is 90.0 Å². The van der Waals surface area contributed by atoms with Crippen LogP contribution in [0.2, 0.25) is 0 Å². The predicted molar refractivity (Wildman–Crippen MR) is 147 cm³/mol. The summed E-state index contributed by atoms with van der Waals surface area (Å²) in [5, 5.41) is 2.88. The first-order valence-electron chi connectivity index (χ1n) is 12.1. The van der Waals surface area contributed by atoms with E-state index in [0.717, 1.165) is 4.90 Å². The van der Waals surface area contributed by atoms with Crippen LogP contribution in [0, 0.1) is 5.92 Å². The Balaban J connectivity index is 1.54. The largest absolute Gasteiger partial charge is 0.325 e. The first-order chi connectivity index (χ1) is 17.3. The average molecular weight is 524 g/mol. The topological polar surface area (TPSA) is 69.7 Å². The third-order valence-electron chi connectivity index (χ3n) is 6.46. The minimum atomic E-state index is -3.70. The first kappa shape index (κ1) is 26.4. The smallest absolute Gasteiger partial charge is 0.243 e. The van der Waals surface area contributed by atoms with Crippen molar-refractivity contribution in [2.75, 3.05) is 37.8 Å². The van der Waals surface area contributed by atoms with Crippen LogP contribution in [0.1, 0.15) is 31.0 Å². The molecule has 1 fully saturated rings. The van der Waals surface area contributed by atoms with Gasteiger partial charge in [-0.1, -0.05) is 74.5 Å². The lowest BCUT2D eigenvalue weighted by Crippen LogP contribution is -2.49. The highest BCUT2D eigenvalue weighted by Gasteiger charge is 2.32. The molecular formula is C28H33N3O3S2. The molecule has 0 unspecified atom stereocenters. The predicted octanol–water partition coefficient (Wildman–Crippen LogP) is 5.10. The van der Waals surface area contributed by atoms with Gasteiger partial charge in [-0.3, -0.25) is 9.69 Å². The zero-order valence-electron chi connectivity index (χ0n) is 20.9. The molecule has 3 aromatic carbocycles. The van der Waals surface area contributed by atoms with E-state index in [-0.39, 0.29) is 22.8 Å². The Morgan fingerprint density at radius 1 is 0.861 bits per heavy atom. The Morgan fingerprint density at radius 3 is 1.92 bits per heavy atom. The highest BCUT2D eigenvalue weighted by Crippen LogP contribution is 2.32. The number of hydrogen-bond acceptors (Lipinski definition) is 5. The standard InChI is InChI=1S/C28H33N3O3S2/c1-21(2)28(32)29-25-20-24(14-15-26(25)35-3)36(33,34)31-18-16-30(17-19-31)27(22-10-6-4-7-11-22)23-12-8-5-9-13-23/h4-15,20-21,27H,16-19H2,1-3H3,(H,29,32). The molecule has 1 heterocycles. The number of piperazine rings is 1. The van der Waals surface area contributed by atoms with E-state index in [2.05, 4.69) is 34.5 Å². The van der Waals surface area contributed by atoms with E-state index in [1.54, 1.807) is 22.5 Å². The molecule has 4 rings (SSSR count). The Kier molecular flexibility index (Phi) is 8.51. The number of nitrogens with zero attached hydrogens (tertiary/aromatic N) is 2. The molecule has 0 bridgehead atoms. The summed E-state index contributed by atoms with van der Waals surface area (Å²) in [6.45, 7) is 5.66. The fourth-order valence-electron chi connectivity index (χ4n) is 4.46. The highest BCUT2D eigenvalue weighted by molar-refractivity contribution is 7.98. The molecule has 3 aromatic rings. The molecule has 6 nitrogen and oxygen atoms in total. The molecule has 0 atom stereocenters. The molecule has 190 valence electrons. The van der Waals surface area contributed by atoms with Crippen molar-refractivity contribution in [1.29, 1.82) is 0 Å². The summed E-state index contributed by atoms with van der Waals surface area (Å²) in [5.74, 6) is -0.337. The summed E-state index contributed by atoms with van der Waals surface area (Å²) in [7, 11) is -3.70. The van der Waals surface area contributed by atoms with Gasteiger partial charge in [0.1, 0.15) is 0 Å². The van der Waals surface area contributed by atoms with Gasteiger partial charge in [-0.15, -0.1) is 11.8 Å². The van der Waals surface area contributed by atoms with Crippen LogP contribution in [0.3, 0.4) is 0 Å². The van der Waals surface area contributed by atoms with Crippen molar-refractivity contribution in [2.24, 2.45) is 5.92 Å². The number of sulfonamides is 1. The van der Waals surface area contributed by atoms with Crippen LogP contribution in [-0.2, 0) is 14.8 Å². The van der Waals surface area contributed by atoms with Crippen LogP contribution < -0.4 is 5.32 Å². The zero-order valence-corrected chi connectivity index (χ0v) is 22.6. The summed E-state index contributed by atoms with van der Waals surface area (Å²) in [6.07, 6.45) is 1.91. The van der Waals surface area contributed by atoms with Gasteiger partial charge in [-0.25, -0.2) is 8.42 Å². The monoisotopic (exact) mass is 523 g/mol. The van der Waals surface area contributed by atoms with Gasteiger partial charge < -0.3 is 5.32 Å². The molecule has 1 aliphatic rings. The quantitative estimate of drug-likeness (QED) is 0.416. The first-order valence-corrected chi connectivity index (χ1v) is 14.8. The lowest BCUT2D eigenvalue weighted by Gasteiger charge is -2.39. The Labute approximate surface area is 218 Å². The molecule has 0 spiro atoms. The van der Waals surface area contributed by atoms with E-state index in [0.29, 0.717) is 31.9 Å². The van der Waals surface area contributed by atoms with Crippen LogP contribution >= 0.6 is 11.8 Å². The van der Waals surface area contributed by atoms with Crippen molar-refractivity contribution >= 4 is 33.4 Å². The number of carbonyl (C=O) groups excluding carboxylic acids is 1. The number of thioether (sulfide) groups is 1. The van der Waals surface area contributed by atoms with Crippen LogP contribution in [0.5, 0.6) is 0 Å². The second-order valence-electron chi connectivity index (χ2n) is 9.17. The highest BCUT2D eigenvalue weighted by atomic mass is 32.2. The van der Waals surface area contributed by atoms with E-state index < -0.39 is 10.0 Å². The van der Waals surface area contributed by atoms with Crippen LogP contribution in [0.15, 0.2) is 88.7 Å². The van der Waals surface area contributed by atoms with E-state index >= 15 is 0 Å². The Hall–Kier alpha value is -2.65. The summed E-state index contributed by atoms with van der Waals surface area (Å²) in [5.41, 5.74) is 2.92. The van der Waals surface area contributed by atoms with Crippen molar-refractivity contribution in [1.82, 2.24) is 9.21 Å². The molecule has 1 N–H and O–H groups in total. The van der Waals surface area contributed by atoms with E-state index in [1.807, 2.05) is 56.5 Å². The van der Waals surface area contributed by atoms with Crippen LogP contribution in [-0.4, -0.2) is 56.0 Å². The Morgan fingerprint density at radius 2 is 1.42 bits per heavy atom. The number of benzene rings is 3.